The number of fused-ring (bicyclic) bond motifs is 12. The normalized spacial score (nSPS) is 14.8. The van der Waals surface area contributed by atoms with E-state index in [1.54, 1.807) is 0 Å². The van der Waals surface area contributed by atoms with Crippen molar-refractivity contribution in [1.29, 1.82) is 0 Å². The smallest absolute Gasteiger partial charge is 0.160 e. The van der Waals surface area contributed by atoms with Gasteiger partial charge in [-0.25, -0.2) is 9.98 Å². The summed E-state index contributed by atoms with van der Waals surface area (Å²) in [6, 6.07) is 65.7. The lowest BCUT2D eigenvalue weighted by Crippen LogP contribution is -2.09. The molecule has 0 aliphatic heterocycles. The quantitative estimate of drug-likeness (QED) is 0.116. The Labute approximate surface area is 410 Å². The van der Waals surface area contributed by atoms with Crippen molar-refractivity contribution in [2.75, 3.05) is 0 Å². The average Bonchev–Trinajstić information content (AvgIpc) is 4.09. The number of furan rings is 1. The highest BCUT2D eigenvalue weighted by molar-refractivity contribution is 7.27. The van der Waals surface area contributed by atoms with Crippen molar-refractivity contribution in [1.82, 2.24) is 4.57 Å². The van der Waals surface area contributed by atoms with E-state index in [1.807, 2.05) is 23.5 Å². The van der Waals surface area contributed by atoms with Crippen molar-refractivity contribution in [3.63, 3.8) is 0 Å². The Bertz CT molecular complexity index is 4230. The second-order valence-corrected chi connectivity index (χ2v) is 19.9. The molecule has 3 heterocycles. The summed E-state index contributed by atoms with van der Waals surface area (Å²) in [6.07, 6.45) is 6.53. The summed E-state index contributed by atoms with van der Waals surface area (Å²) in [4.78, 5) is 11.3. The highest BCUT2D eigenvalue weighted by atomic mass is 32.1. The van der Waals surface area contributed by atoms with E-state index in [9.17, 15) is 0 Å². The molecule has 9 aromatic carbocycles. The molecule has 0 saturated heterocycles. The van der Waals surface area contributed by atoms with Gasteiger partial charge >= 0.3 is 0 Å². The van der Waals surface area contributed by atoms with Gasteiger partial charge in [-0.3, -0.25) is 0 Å². The number of benzene rings is 9. The van der Waals surface area contributed by atoms with Gasteiger partial charge in [0.05, 0.1) is 21.6 Å². The number of aromatic nitrogens is 1. The van der Waals surface area contributed by atoms with Gasteiger partial charge in [-0.15, -0.1) is 11.3 Å². The minimum Gasteiger partial charge on any atom is -0.456 e. The summed E-state index contributed by atoms with van der Waals surface area (Å²) in [6.45, 7) is 8.93. The van der Waals surface area contributed by atoms with Crippen molar-refractivity contribution >= 4 is 109 Å². The molecule has 0 saturated carbocycles. The zero-order valence-corrected chi connectivity index (χ0v) is 40.4. The number of allylic oxidation sites excluding steroid dienone is 2. The molecule has 12 aromatic rings. The molecule has 336 valence electrons. The first-order chi connectivity index (χ1) is 34.4. The second-order valence-electron chi connectivity index (χ2n) is 18.9. The molecular formula is C65H49N3OS. The van der Waals surface area contributed by atoms with E-state index in [1.165, 1.54) is 80.7 Å². The third-order valence-corrected chi connectivity index (χ3v) is 15.8. The number of thiophene rings is 1. The Balaban J connectivity index is 1.08. The molecule has 1 aliphatic rings. The van der Waals surface area contributed by atoms with Gasteiger partial charge in [-0.2, -0.15) is 0 Å². The van der Waals surface area contributed by atoms with E-state index in [2.05, 4.69) is 214 Å². The Morgan fingerprint density at radius 1 is 0.571 bits per heavy atom. The zero-order chi connectivity index (χ0) is 47.0. The molecule has 70 heavy (non-hydrogen) atoms. The van der Waals surface area contributed by atoms with Crippen LogP contribution in [0.15, 0.2) is 208 Å². The van der Waals surface area contributed by atoms with Crippen molar-refractivity contribution < 1.29 is 4.42 Å². The molecule has 0 amide bonds. The van der Waals surface area contributed by atoms with Crippen LogP contribution in [-0.2, 0) is 0 Å². The fraction of sp³-hybridized carbons (Fsp3) is 0.108. The lowest BCUT2D eigenvalue weighted by molar-refractivity contribution is 0.669. The molecule has 0 spiro atoms. The Morgan fingerprint density at radius 3 is 2.14 bits per heavy atom. The van der Waals surface area contributed by atoms with Gasteiger partial charge < -0.3 is 8.98 Å². The van der Waals surface area contributed by atoms with Gasteiger partial charge in [0.15, 0.2) is 5.84 Å². The fourth-order valence-electron chi connectivity index (χ4n) is 10.8. The highest BCUT2D eigenvalue weighted by Gasteiger charge is 2.27. The fourth-order valence-corrected chi connectivity index (χ4v) is 12.1. The standard InChI is InChI=1S/C65H49N3OS/c1-5-39(2)61(47-24-16-23-44(33-47)42-18-7-6-8-19-42)67-65(48-30-31-52-51-26-13-14-28-59(51)69-60(52)38-48)66-41(4)49-35-56-54-32-29-43-20-11-12-25-50(43)63(54)70-64(56)58(37-49)68-57-36-46-22-10-9-21-45(46)34-55(57)53-27-15-17-40(3)62(53)68/h6-16,18-38,40H,5,17H2,1-4H3/b61-39-,66-41?,67-65?. The molecule has 1 atom stereocenters. The van der Waals surface area contributed by atoms with E-state index in [-0.39, 0.29) is 0 Å². The topological polar surface area (TPSA) is 42.8 Å². The van der Waals surface area contributed by atoms with Crippen molar-refractivity contribution in [3.8, 4) is 16.8 Å². The first-order valence-electron chi connectivity index (χ1n) is 24.4. The Hall–Kier alpha value is -8.12. The van der Waals surface area contributed by atoms with Crippen LogP contribution in [0, 0.1) is 0 Å². The average molecular weight is 920 g/mol. The molecule has 1 aliphatic carbocycles. The second kappa shape index (κ2) is 16.8. The Morgan fingerprint density at radius 2 is 1.30 bits per heavy atom. The van der Waals surface area contributed by atoms with E-state index in [4.69, 9.17) is 14.4 Å². The largest absolute Gasteiger partial charge is 0.456 e. The van der Waals surface area contributed by atoms with Crippen molar-refractivity contribution in [2.24, 2.45) is 9.98 Å². The minimum atomic E-state index is 0.318. The van der Waals surface area contributed by atoms with Gasteiger partial charge in [0.25, 0.3) is 0 Å². The van der Waals surface area contributed by atoms with E-state index in [0.29, 0.717) is 11.8 Å². The van der Waals surface area contributed by atoms with Gasteiger partial charge in [0, 0.05) is 65.6 Å². The molecule has 1 unspecified atom stereocenters. The minimum absolute atomic E-state index is 0.318. The zero-order valence-electron chi connectivity index (χ0n) is 39.6. The summed E-state index contributed by atoms with van der Waals surface area (Å²) < 4.78 is 11.7. The van der Waals surface area contributed by atoms with Crippen molar-refractivity contribution in [3.05, 3.63) is 222 Å². The highest BCUT2D eigenvalue weighted by Crippen LogP contribution is 2.47. The van der Waals surface area contributed by atoms with Gasteiger partial charge in [0.2, 0.25) is 0 Å². The number of amidine groups is 1. The summed E-state index contributed by atoms with van der Waals surface area (Å²) in [5.74, 6) is 0.947. The SMILES string of the molecule is CC/C(C)=C(\N=C(N=C(C)c1cc(-n2c3c(c4cc5ccccc5cc42)C=CCC3C)c2sc3c4ccccc4ccc3c2c1)c1ccc2c(c1)oc1ccccc12)c1cccc(-c2ccccc2)c1. The maximum atomic E-state index is 6.52. The lowest BCUT2D eigenvalue weighted by Gasteiger charge is -2.20. The van der Waals surface area contributed by atoms with Crippen molar-refractivity contribution in [2.45, 2.75) is 46.5 Å². The molecule has 0 radical (unpaired) electrons. The predicted molar refractivity (Wildman–Crippen MR) is 300 cm³/mol. The summed E-state index contributed by atoms with van der Waals surface area (Å²) in [5.41, 5.74) is 15.0. The summed E-state index contributed by atoms with van der Waals surface area (Å²) >= 11 is 1.91. The summed E-state index contributed by atoms with van der Waals surface area (Å²) in [5, 5.41) is 10.9. The van der Waals surface area contributed by atoms with Gasteiger partial charge in [-0.05, 0) is 119 Å². The van der Waals surface area contributed by atoms with Crippen LogP contribution >= 0.6 is 11.3 Å². The lowest BCUT2D eigenvalue weighted by atomic mass is 9.93. The third-order valence-electron chi connectivity index (χ3n) is 14.6. The monoisotopic (exact) mass is 919 g/mol. The number of para-hydroxylation sites is 1. The molecular weight excluding hydrogens is 871 g/mol. The number of nitrogens with zero attached hydrogens (tertiary/aromatic N) is 3. The van der Waals surface area contributed by atoms with Crippen LogP contribution in [-0.4, -0.2) is 16.1 Å². The number of rotatable bonds is 7. The van der Waals surface area contributed by atoms with Gasteiger partial charge in [-0.1, -0.05) is 159 Å². The maximum Gasteiger partial charge on any atom is 0.160 e. The molecule has 3 aromatic heterocycles. The number of aliphatic imine (C=N–C) groups is 2. The molecule has 0 N–H and O–H groups in total. The van der Waals surface area contributed by atoms with E-state index < -0.39 is 0 Å². The number of hydrogen-bond donors (Lipinski definition) is 0. The van der Waals surface area contributed by atoms with Gasteiger partial charge in [0.1, 0.15) is 11.2 Å². The van der Waals surface area contributed by atoms with Crippen LogP contribution in [0.4, 0.5) is 0 Å². The van der Waals surface area contributed by atoms with Crippen LogP contribution < -0.4 is 0 Å². The van der Waals surface area contributed by atoms with Crippen LogP contribution in [0.2, 0.25) is 0 Å². The Kier molecular flexibility index (Phi) is 10.1. The third kappa shape index (κ3) is 6.95. The maximum absolute atomic E-state index is 6.52. The van der Waals surface area contributed by atoms with E-state index >= 15 is 0 Å². The van der Waals surface area contributed by atoms with Crippen LogP contribution in [0.3, 0.4) is 0 Å². The van der Waals surface area contributed by atoms with Crippen LogP contribution in [0.5, 0.6) is 0 Å². The molecule has 13 rings (SSSR count). The summed E-state index contributed by atoms with van der Waals surface area (Å²) in [7, 11) is 0. The number of hydrogen-bond acceptors (Lipinski definition) is 3. The molecule has 5 heteroatoms. The predicted octanol–water partition coefficient (Wildman–Crippen LogP) is 18.5. The molecule has 0 fully saturated rings. The molecule has 4 nitrogen and oxygen atoms in total. The first kappa shape index (κ1) is 42.0. The first-order valence-corrected chi connectivity index (χ1v) is 25.2. The van der Waals surface area contributed by atoms with E-state index in [0.717, 1.165) is 68.4 Å². The van der Waals surface area contributed by atoms with Crippen LogP contribution in [0.1, 0.15) is 74.4 Å². The molecule has 0 bridgehead atoms. The van der Waals surface area contributed by atoms with Crippen LogP contribution in [0.25, 0.3) is 103 Å².